The van der Waals surface area contributed by atoms with Gasteiger partial charge in [-0.05, 0) is 72.8 Å². The number of benzene rings is 3. The highest BCUT2D eigenvalue weighted by Crippen LogP contribution is 2.41. The second-order valence-corrected chi connectivity index (χ2v) is 11.0. The number of nitrogens with zero attached hydrogens (tertiary/aromatic N) is 1. The molecule has 0 spiro atoms. The lowest BCUT2D eigenvalue weighted by Crippen LogP contribution is -2.43. The second-order valence-electron chi connectivity index (χ2n) is 11.0. The fourth-order valence-electron chi connectivity index (χ4n) is 5.68. The molecule has 2 N–H and O–H groups in total. The molecule has 0 radical (unpaired) electrons. The molecule has 2 heterocycles. The number of halogens is 1. The van der Waals surface area contributed by atoms with Crippen LogP contribution >= 0.6 is 0 Å². The molecule has 0 saturated carbocycles. The quantitative estimate of drug-likeness (QED) is 0.411. The van der Waals surface area contributed by atoms with Crippen LogP contribution in [0.25, 0.3) is 11.1 Å². The van der Waals surface area contributed by atoms with Gasteiger partial charge in [-0.3, -0.25) is 4.79 Å². The molecule has 188 valence electrons. The summed E-state index contributed by atoms with van der Waals surface area (Å²) >= 11 is 0. The van der Waals surface area contributed by atoms with Gasteiger partial charge < -0.3 is 15.5 Å². The lowest BCUT2D eigenvalue weighted by Gasteiger charge is -2.37. The molecule has 2 aliphatic rings. The molecule has 1 saturated heterocycles. The Labute approximate surface area is 213 Å². The number of fused-ring (bicyclic) bond motifs is 1. The van der Waals surface area contributed by atoms with Crippen molar-refractivity contribution in [1.82, 2.24) is 4.90 Å². The van der Waals surface area contributed by atoms with Crippen LogP contribution in [-0.4, -0.2) is 37.0 Å². The van der Waals surface area contributed by atoms with Crippen molar-refractivity contribution in [3.05, 3.63) is 83.7 Å². The van der Waals surface area contributed by atoms with E-state index in [0.29, 0.717) is 11.5 Å². The molecule has 1 atom stereocenters. The predicted molar refractivity (Wildman–Crippen MR) is 146 cm³/mol. The summed E-state index contributed by atoms with van der Waals surface area (Å²) in [5.41, 5.74) is 6.23. The summed E-state index contributed by atoms with van der Waals surface area (Å²) in [5.74, 6) is 0.359. The van der Waals surface area contributed by atoms with E-state index in [0.717, 1.165) is 56.0 Å². The lowest BCUT2D eigenvalue weighted by molar-refractivity contribution is -0.118. The van der Waals surface area contributed by atoms with E-state index in [4.69, 9.17) is 0 Å². The van der Waals surface area contributed by atoms with Gasteiger partial charge in [0, 0.05) is 41.4 Å². The van der Waals surface area contributed by atoms with Crippen LogP contribution in [0.5, 0.6) is 0 Å². The fraction of sp³-hybridized carbons (Fsp3) is 0.387. The summed E-state index contributed by atoms with van der Waals surface area (Å²) in [6.07, 6.45) is 2.23. The van der Waals surface area contributed by atoms with E-state index in [-0.39, 0.29) is 23.1 Å². The molecule has 2 aliphatic heterocycles. The van der Waals surface area contributed by atoms with Crippen molar-refractivity contribution in [2.24, 2.45) is 5.92 Å². The lowest BCUT2D eigenvalue weighted by atomic mass is 9.82. The number of rotatable bonds is 6. The van der Waals surface area contributed by atoms with Crippen LogP contribution in [0.15, 0.2) is 66.7 Å². The smallest absolute Gasteiger partial charge is 0.226 e. The normalized spacial score (nSPS) is 20.2. The van der Waals surface area contributed by atoms with Gasteiger partial charge in [0.1, 0.15) is 5.82 Å². The van der Waals surface area contributed by atoms with Crippen molar-refractivity contribution in [2.75, 3.05) is 36.8 Å². The van der Waals surface area contributed by atoms with Gasteiger partial charge in [0.05, 0.1) is 0 Å². The number of hydrogen-bond donors (Lipinski definition) is 2. The van der Waals surface area contributed by atoms with Gasteiger partial charge >= 0.3 is 0 Å². The summed E-state index contributed by atoms with van der Waals surface area (Å²) in [7, 11) is 0. The molecular weight excluding hydrogens is 449 g/mol. The molecule has 5 heteroatoms. The highest BCUT2D eigenvalue weighted by molar-refractivity contribution is 5.92. The molecule has 0 bridgehead atoms. The number of nitrogens with one attached hydrogen (secondary N) is 2. The molecule has 4 nitrogen and oxygen atoms in total. The Balaban J connectivity index is 1.22. The Hall–Kier alpha value is -3.18. The third kappa shape index (κ3) is 5.03. The SMILES string of the molecule is CC(C)C(=O)Nc1cccc(C2CCN(CC3(C)CNc4cc(-c5ccccc5F)ccc43)CC2)c1. The molecule has 3 aromatic carbocycles. The number of likely N-dealkylation sites (tertiary alicyclic amines) is 1. The first kappa shape index (κ1) is 24.5. The molecule has 0 aliphatic carbocycles. The molecular formula is C31H36FN3O. The van der Waals surface area contributed by atoms with Gasteiger partial charge in [-0.2, -0.15) is 0 Å². The van der Waals surface area contributed by atoms with Crippen LogP contribution < -0.4 is 10.6 Å². The molecule has 1 fully saturated rings. The maximum absolute atomic E-state index is 14.3. The summed E-state index contributed by atoms with van der Waals surface area (Å²) in [6.45, 7) is 10.2. The first-order valence-electron chi connectivity index (χ1n) is 13.1. The minimum absolute atomic E-state index is 0.0248. The van der Waals surface area contributed by atoms with E-state index in [2.05, 4.69) is 58.9 Å². The van der Waals surface area contributed by atoms with Gasteiger partial charge in [0.25, 0.3) is 0 Å². The fourth-order valence-corrected chi connectivity index (χ4v) is 5.68. The van der Waals surface area contributed by atoms with Crippen molar-refractivity contribution in [3.63, 3.8) is 0 Å². The van der Waals surface area contributed by atoms with Crippen molar-refractivity contribution in [2.45, 2.75) is 44.9 Å². The van der Waals surface area contributed by atoms with E-state index >= 15 is 0 Å². The highest BCUT2D eigenvalue weighted by atomic mass is 19.1. The van der Waals surface area contributed by atoms with Crippen LogP contribution in [0.2, 0.25) is 0 Å². The van der Waals surface area contributed by atoms with E-state index in [1.807, 2.05) is 32.0 Å². The third-order valence-electron chi connectivity index (χ3n) is 7.83. The molecule has 5 rings (SSSR count). The largest absolute Gasteiger partial charge is 0.384 e. The molecule has 36 heavy (non-hydrogen) atoms. The van der Waals surface area contributed by atoms with E-state index in [1.165, 1.54) is 17.2 Å². The van der Waals surface area contributed by atoms with E-state index < -0.39 is 0 Å². The molecule has 1 unspecified atom stereocenters. The summed E-state index contributed by atoms with van der Waals surface area (Å²) in [5, 5.41) is 6.62. The van der Waals surface area contributed by atoms with Gasteiger partial charge in [-0.25, -0.2) is 4.39 Å². The van der Waals surface area contributed by atoms with Crippen LogP contribution in [0, 0.1) is 11.7 Å². The van der Waals surface area contributed by atoms with E-state index in [9.17, 15) is 9.18 Å². The van der Waals surface area contributed by atoms with Crippen molar-refractivity contribution in [3.8, 4) is 11.1 Å². The Bertz CT molecular complexity index is 1250. The molecule has 3 aromatic rings. The number of anilines is 2. The Morgan fingerprint density at radius 1 is 1.08 bits per heavy atom. The van der Waals surface area contributed by atoms with Gasteiger partial charge in [0.15, 0.2) is 0 Å². The maximum atomic E-state index is 14.3. The van der Waals surface area contributed by atoms with Gasteiger partial charge in [-0.1, -0.05) is 63.2 Å². The molecule has 1 amide bonds. The zero-order valence-electron chi connectivity index (χ0n) is 21.5. The third-order valence-corrected chi connectivity index (χ3v) is 7.83. The van der Waals surface area contributed by atoms with Crippen LogP contribution in [-0.2, 0) is 10.2 Å². The monoisotopic (exact) mass is 485 g/mol. The van der Waals surface area contributed by atoms with Crippen LogP contribution in [0.1, 0.15) is 50.7 Å². The zero-order valence-corrected chi connectivity index (χ0v) is 21.5. The topological polar surface area (TPSA) is 44.4 Å². The Morgan fingerprint density at radius 2 is 1.86 bits per heavy atom. The van der Waals surface area contributed by atoms with Gasteiger partial charge in [0.2, 0.25) is 5.91 Å². The number of piperidine rings is 1. The Morgan fingerprint density at radius 3 is 2.61 bits per heavy atom. The standard InChI is InChI=1S/C31H36FN3O/c1-21(2)30(36)34-25-8-6-7-23(17-25)22-13-15-35(16-14-22)20-31(3)19-33-29-18-24(11-12-27(29)31)26-9-4-5-10-28(26)32/h4-12,17-18,21-22,33H,13-16,19-20H2,1-3H3,(H,34,36). The second kappa shape index (κ2) is 10.1. The van der Waals surface area contributed by atoms with Crippen molar-refractivity contribution >= 4 is 17.3 Å². The zero-order chi connectivity index (χ0) is 25.3. The average molecular weight is 486 g/mol. The van der Waals surface area contributed by atoms with Crippen LogP contribution in [0.3, 0.4) is 0 Å². The minimum atomic E-state index is -0.186. The number of carbonyl (C=O) groups is 1. The summed E-state index contributed by atoms with van der Waals surface area (Å²) in [4.78, 5) is 14.7. The van der Waals surface area contributed by atoms with Crippen LogP contribution in [0.4, 0.5) is 15.8 Å². The first-order chi connectivity index (χ1) is 17.3. The van der Waals surface area contributed by atoms with E-state index in [1.54, 1.807) is 6.07 Å². The number of carbonyl (C=O) groups excluding carboxylic acids is 1. The first-order valence-corrected chi connectivity index (χ1v) is 13.1. The summed E-state index contributed by atoms with van der Waals surface area (Å²) < 4.78 is 14.3. The van der Waals surface area contributed by atoms with Gasteiger partial charge in [-0.15, -0.1) is 0 Å². The average Bonchev–Trinajstić information content (AvgIpc) is 3.20. The number of hydrogen-bond acceptors (Lipinski definition) is 3. The molecule has 0 aromatic heterocycles. The summed E-state index contributed by atoms with van der Waals surface area (Å²) in [6, 6.07) is 21.7. The Kier molecular flexibility index (Phi) is 6.85. The maximum Gasteiger partial charge on any atom is 0.226 e. The highest BCUT2D eigenvalue weighted by Gasteiger charge is 2.37. The minimum Gasteiger partial charge on any atom is -0.384 e. The van der Waals surface area contributed by atoms with Crippen molar-refractivity contribution in [1.29, 1.82) is 0 Å². The van der Waals surface area contributed by atoms with Crippen molar-refractivity contribution < 1.29 is 9.18 Å². The number of amides is 1. The predicted octanol–water partition coefficient (Wildman–Crippen LogP) is 6.65.